The van der Waals surface area contributed by atoms with Crippen molar-refractivity contribution >= 4 is 18.0 Å². The molecule has 1 heterocycles. The highest BCUT2D eigenvalue weighted by atomic mass is 32.2. The lowest BCUT2D eigenvalue weighted by Gasteiger charge is -2.01. The summed E-state index contributed by atoms with van der Waals surface area (Å²) in [6.45, 7) is 1.95. The molecule has 1 aromatic heterocycles. The van der Waals surface area contributed by atoms with E-state index in [1.165, 1.54) is 18.0 Å². The van der Waals surface area contributed by atoms with Crippen LogP contribution in [-0.4, -0.2) is 27.3 Å². The van der Waals surface area contributed by atoms with E-state index in [0.29, 0.717) is 5.16 Å². The molecule has 0 atom stereocenters. The minimum Gasteiger partial charge on any atom is -0.201 e. The first-order valence-electron chi connectivity index (χ1n) is 5.50. The molecular formula is C12H12F2N4S. The first kappa shape index (κ1) is 13.7. The van der Waals surface area contributed by atoms with Gasteiger partial charge in [0.1, 0.15) is 0 Å². The van der Waals surface area contributed by atoms with Gasteiger partial charge in [-0.25, -0.2) is 8.78 Å². The van der Waals surface area contributed by atoms with Gasteiger partial charge in [-0.3, -0.25) is 0 Å². The van der Waals surface area contributed by atoms with Crippen molar-refractivity contribution in [3.05, 3.63) is 41.2 Å². The van der Waals surface area contributed by atoms with Crippen molar-refractivity contribution in [1.29, 1.82) is 0 Å². The van der Waals surface area contributed by atoms with E-state index in [9.17, 15) is 8.78 Å². The lowest BCUT2D eigenvalue weighted by molar-refractivity contribution is 0.135. The van der Waals surface area contributed by atoms with Gasteiger partial charge in [0.05, 0.1) is 6.21 Å². The standard InChI is InChI=1S/C12H12F2N4S/c1-8-4-3-5-9(6-8)7-15-18-11(10(13)14)16-17-12(18)19-2/h3-7,10H,1-2H3. The van der Waals surface area contributed by atoms with Gasteiger partial charge in [-0.05, 0) is 18.7 Å². The zero-order chi connectivity index (χ0) is 13.8. The molecule has 1 aromatic carbocycles. The van der Waals surface area contributed by atoms with E-state index < -0.39 is 12.2 Å². The van der Waals surface area contributed by atoms with Crippen molar-refractivity contribution < 1.29 is 8.78 Å². The van der Waals surface area contributed by atoms with Crippen molar-refractivity contribution in [2.24, 2.45) is 5.10 Å². The van der Waals surface area contributed by atoms with E-state index in [1.54, 1.807) is 6.26 Å². The number of alkyl halides is 2. The molecule has 0 aliphatic rings. The van der Waals surface area contributed by atoms with E-state index in [1.807, 2.05) is 31.2 Å². The zero-order valence-electron chi connectivity index (χ0n) is 10.4. The Morgan fingerprint density at radius 1 is 1.37 bits per heavy atom. The van der Waals surface area contributed by atoms with Crippen LogP contribution in [0.5, 0.6) is 0 Å². The molecule has 0 aliphatic carbocycles. The zero-order valence-corrected chi connectivity index (χ0v) is 11.2. The summed E-state index contributed by atoms with van der Waals surface area (Å²) < 4.78 is 26.6. The summed E-state index contributed by atoms with van der Waals surface area (Å²) in [5.41, 5.74) is 1.91. The molecule has 0 bridgehead atoms. The minimum atomic E-state index is -2.71. The number of hydrogen-bond donors (Lipinski definition) is 0. The number of aryl methyl sites for hydroxylation is 1. The molecular weight excluding hydrogens is 270 g/mol. The van der Waals surface area contributed by atoms with Crippen LogP contribution in [0, 0.1) is 6.92 Å². The van der Waals surface area contributed by atoms with Crippen molar-refractivity contribution in [3.63, 3.8) is 0 Å². The fraction of sp³-hybridized carbons (Fsp3) is 0.250. The number of aromatic nitrogens is 3. The molecule has 0 amide bonds. The Bertz CT molecular complexity index is 595. The van der Waals surface area contributed by atoms with Gasteiger partial charge in [-0.1, -0.05) is 41.6 Å². The number of halogens is 2. The fourth-order valence-corrected chi connectivity index (χ4v) is 1.96. The molecule has 0 unspecified atom stereocenters. The maximum absolute atomic E-state index is 12.8. The van der Waals surface area contributed by atoms with Crippen molar-refractivity contribution in [2.45, 2.75) is 18.5 Å². The Hall–Kier alpha value is -1.76. The van der Waals surface area contributed by atoms with E-state index in [2.05, 4.69) is 15.3 Å². The molecule has 0 radical (unpaired) electrons. The van der Waals surface area contributed by atoms with E-state index in [0.717, 1.165) is 15.8 Å². The molecule has 0 spiro atoms. The topological polar surface area (TPSA) is 43.1 Å². The molecule has 4 nitrogen and oxygen atoms in total. The summed E-state index contributed by atoms with van der Waals surface area (Å²) in [6.07, 6.45) is 0.544. The van der Waals surface area contributed by atoms with Crippen molar-refractivity contribution in [2.75, 3.05) is 6.26 Å². The molecule has 0 N–H and O–H groups in total. The first-order valence-corrected chi connectivity index (χ1v) is 6.72. The Labute approximate surface area is 113 Å². The second kappa shape index (κ2) is 5.92. The third-order valence-corrected chi connectivity index (χ3v) is 3.00. The quantitative estimate of drug-likeness (QED) is 0.639. The summed E-state index contributed by atoms with van der Waals surface area (Å²) in [5, 5.41) is 11.5. The van der Waals surface area contributed by atoms with Crippen LogP contribution in [0.4, 0.5) is 8.78 Å². The number of thioether (sulfide) groups is 1. The van der Waals surface area contributed by atoms with Gasteiger partial charge >= 0.3 is 0 Å². The highest BCUT2D eigenvalue weighted by Crippen LogP contribution is 2.21. The first-order chi connectivity index (χ1) is 9.11. The summed E-state index contributed by atoms with van der Waals surface area (Å²) in [6, 6.07) is 7.59. The van der Waals surface area contributed by atoms with Crippen LogP contribution in [0.15, 0.2) is 34.5 Å². The van der Waals surface area contributed by atoms with Gasteiger partial charge in [0.25, 0.3) is 6.43 Å². The van der Waals surface area contributed by atoms with Gasteiger partial charge in [0.2, 0.25) is 11.0 Å². The molecule has 0 fully saturated rings. The Morgan fingerprint density at radius 2 is 2.16 bits per heavy atom. The SMILES string of the molecule is CSc1nnc(C(F)F)n1N=Cc1cccc(C)c1. The van der Waals surface area contributed by atoms with Crippen LogP contribution in [0.25, 0.3) is 0 Å². The summed E-state index contributed by atoms with van der Waals surface area (Å²) in [7, 11) is 0. The number of nitrogens with zero attached hydrogens (tertiary/aromatic N) is 4. The second-order valence-corrected chi connectivity index (χ2v) is 4.59. The molecule has 0 saturated heterocycles. The van der Waals surface area contributed by atoms with Crippen molar-refractivity contribution in [1.82, 2.24) is 14.9 Å². The number of hydrogen-bond acceptors (Lipinski definition) is 4. The van der Waals surface area contributed by atoms with Crippen LogP contribution in [0.2, 0.25) is 0 Å². The second-order valence-electron chi connectivity index (χ2n) is 3.82. The summed E-state index contributed by atoms with van der Waals surface area (Å²) in [5.74, 6) is -0.451. The Morgan fingerprint density at radius 3 is 2.79 bits per heavy atom. The molecule has 2 aromatic rings. The van der Waals surface area contributed by atoms with Gasteiger partial charge in [-0.15, -0.1) is 10.2 Å². The normalized spacial score (nSPS) is 11.6. The maximum atomic E-state index is 12.8. The fourth-order valence-electron chi connectivity index (χ4n) is 1.52. The van der Waals surface area contributed by atoms with Crippen LogP contribution in [0.1, 0.15) is 23.4 Å². The highest BCUT2D eigenvalue weighted by Gasteiger charge is 2.19. The third kappa shape index (κ3) is 3.17. The largest absolute Gasteiger partial charge is 0.299 e. The van der Waals surface area contributed by atoms with Gasteiger partial charge in [0.15, 0.2) is 0 Å². The number of benzene rings is 1. The molecule has 0 saturated carbocycles. The lowest BCUT2D eigenvalue weighted by atomic mass is 10.2. The van der Waals surface area contributed by atoms with Crippen molar-refractivity contribution in [3.8, 4) is 0 Å². The summed E-state index contributed by atoms with van der Waals surface area (Å²) in [4.78, 5) is 0. The predicted octanol–water partition coefficient (Wildman–Crippen LogP) is 3.13. The Kier molecular flexibility index (Phi) is 4.26. The molecule has 2 rings (SSSR count). The molecule has 7 heteroatoms. The van der Waals surface area contributed by atoms with Crippen LogP contribution in [0.3, 0.4) is 0 Å². The minimum absolute atomic E-state index is 0.333. The van der Waals surface area contributed by atoms with Crippen LogP contribution < -0.4 is 0 Å². The van der Waals surface area contributed by atoms with Gasteiger partial charge in [-0.2, -0.15) is 9.78 Å². The monoisotopic (exact) mass is 282 g/mol. The third-order valence-electron chi connectivity index (χ3n) is 2.38. The molecule has 100 valence electrons. The average Bonchev–Trinajstić information content (AvgIpc) is 2.79. The van der Waals surface area contributed by atoms with Crippen LogP contribution in [-0.2, 0) is 0 Å². The number of rotatable bonds is 4. The summed E-state index contributed by atoms with van der Waals surface area (Å²) >= 11 is 1.21. The lowest BCUT2D eigenvalue weighted by Crippen LogP contribution is -2.00. The van der Waals surface area contributed by atoms with E-state index in [-0.39, 0.29) is 0 Å². The molecule has 0 aliphatic heterocycles. The maximum Gasteiger partial charge on any atom is 0.299 e. The average molecular weight is 282 g/mol. The van der Waals surface area contributed by atoms with E-state index >= 15 is 0 Å². The van der Waals surface area contributed by atoms with Gasteiger partial charge in [0, 0.05) is 0 Å². The Balaban J connectivity index is 2.34. The van der Waals surface area contributed by atoms with Gasteiger partial charge < -0.3 is 0 Å². The highest BCUT2D eigenvalue weighted by molar-refractivity contribution is 7.98. The van der Waals surface area contributed by atoms with Crippen LogP contribution >= 0.6 is 11.8 Å². The smallest absolute Gasteiger partial charge is 0.201 e. The predicted molar refractivity (Wildman–Crippen MR) is 70.9 cm³/mol. The van der Waals surface area contributed by atoms with E-state index in [4.69, 9.17) is 0 Å². The molecule has 19 heavy (non-hydrogen) atoms.